The minimum atomic E-state index is -1.04. The van der Waals surface area contributed by atoms with Crippen LogP contribution in [0.2, 0.25) is 0 Å². The number of nitrogens with zero attached hydrogens (tertiary/aromatic N) is 2. The van der Waals surface area contributed by atoms with Gasteiger partial charge in [-0.15, -0.1) is 0 Å². The molecule has 1 aromatic heterocycles. The molecule has 6 nitrogen and oxygen atoms in total. The van der Waals surface area contributed by atoms with Crippen LogP contribution in [0.3, 0.4) is 0 Å². The fraction of sp³-hybridized carbons (Fsp3) is 0.214. The number of ether oxygens (including phenoxy) is 1. The number of hydrogen-bond donors (Lipinski definition) is 2. The smallest absolute Gasteiger partial charge is 0.320 e. The maximum absolute atomic E-state index is 10.7. The zero-order valence-electron chi connectivity index (χ0n) is 11.0. The SMILES string of the molecule is COc1ccc(-c2ncc(CC(N)C(=O)O)cn2)cc1. The molecular formula is C14H15N3O3. The molecule has 0 radical (unpaired) electrons. The van der Waals surface area contributed by atoms with E-state index in [-0.39, 0.29) is 6.42 Å². The lowest BCUT2D eigenvalue weighted by atomic mass is 10.1. The lowest BCUT2D eigenvalue weighted by Crippen LogP contribution is -2.32. The summed E-state index contributed by atoms with van der Waals surface area (Å²) in [6.45, 7) is 0. The van der Waals surface area contributed by atoms with E-state index in [1.165, 1.54) is 0 Å². The van der Waals surface area contributed by atoms with Gasteiger partial charge in [-0.3, -0.25) is 4.79 Å². The van der Waals surface area contributed by atoms with Crippen molar-refractivity contribution in [2.75, 3.05) is 7.11 Å². The Morgan fingerprint density at radius 1 is 1.30 bits per heavy atom. The second-order valence-electron chi connectivity index (χ2n) is 4.29. The third-order valence-electron chi connectivity index (χ3n) is 2.83. The summed E-state index contributed by atoms with van der Waals surface area (Å²) in [7, 11) is 1.60. The summed E-state index contributed by atoms with van der Waals surface area (Å²) in [6, 6.07) is 6.43. The molecule has 20 heavy (non-hydrogen) atoms. The van der Waals surface area contributed by atoms with E-state index < -0.39 is 12.0 Å². The molecule has 1 heterocycles. The van der Waals surface area contributed by atoms with E-state index in [1.54, 1.807) is 19.5 Å². The predicted octanol–water partition coefficient (Wildman–Crippen LogP) is 1.11. The van der Waals surface area contributed by atoms with Crippen LogP contribution >= 0.6 is 0 Å². The number of benzene rings is 1. The van der Waals surface area contributed by atoms with Crippen LogP contribution in [0.1, 0.15) is 5.56 Å². The van der Waals surface area contributed by atoms with E-state index >= 15 is 0 Å². The first-order chi connectivity index (χ1) is 9.60. The van der Waals surface area contributed by atoms with Gasteiger partial charge in [-0.05, 0) is 29.8 Å². The van der Waals surface area contributed by atoms with Crippen molar-refractivity contribution in [3.8, 4) is 17.1 Å². The summed E-state index contributed by atoms with van der Waals surface area (Å²) in [6.07, 6.45) is 3.39. The number of methoxy groups -OCH3 is 1. The van der Waals surface area contributed by atoms with Gasteiger partial charge in [0.1, 0.15) is 11.8 Å². The molecular weight excluding hydrogens is 258 g/mol. The molecule has 0 aliphatic heterocycles. The highest BCUT2D eigenvalue weighted by Gasteiger charge is 2.12. The van der Waals surface area contributed by atoms with Crippen LogP contribution in [0.25, 0.3) is 11.4 Å². The van der Waals surface area contributed by atoms with E-state index in [9.17, 15) is 4.79 Å². The van der Waals surface area contributed by atoms with Gasteiger partial charge in [-0.2, -0.15) is 0 Å². The summed E-state index contributed by atoms with van der Waals surface area (Å²) in [5.41, 5.74) is 7.01. The van der Waals surface area contributed by atoms with Gasteiger partial charge in [0, 0.05) is 24.4 Å². The third kappa shape index (κ3) is 3.30. The van der Waals surface area contributed by atoms with Crippen molar-refractivity contribution in [2.24, 2.45) is 5.73 Å². The van der Waals surface area contributed by atoms with Gasteiger partial charge >= 0.3 is 5.97 Å². The molecule has 0 amide bonds. The summed E-state index contributed by atoms with van der Waals surface area (Å²) in [5, 5.41) is 8.75. The number of rotatable bonds is 5. The van der Waals surface area contributed by atoms with Gasteiger partial charge in [0.05, 0.1) is 7.11 Å². The third-order valence-corrected chi connectivity index (χ3v) is 2.83. The Morgan fingerprint density at radius 2 is 1.90 bits per heavy atom. The average molecular weight is 273 g/mol. The monoisotopic (exact) mass is 273 g/mol. The molecule has 1 unspecified atom stereocenters. The lowest BCUT2D eigenvalue weighted by molar-refractivity contribution is -0.138. The van der Waals surface area contributed by atoms with E-state index in [0.717, 1.165) is 11.3 Å². The standard InChI is InChI=1S/C14H15N3O3/c1-20-11-4-2-10(3-5-11)13-16-7-9(8-17-13)6-12(15)14(18)19/h2-5,7-8,12H,6,15H2,1H3,(H,18,19). The van der Waals surface area contributed by atoms with Gasteiger partial charge in [0.25, 0.3) is 0 Å². The number of aromatic nitrogens is 2. The second-order valence-corrected chi connectivity index (χ2v) is 4.29. The molecule has 6 heteroatoms. The maximum Gasteiger partial charge on any atom is 0.320 e. The van der Waals surface area contributed by atoms with E-state index in [2.05, 4.69) is 9.97 Å². The summed E-state index contributed by atoms with van der Waals surface area (Å²) >= 11 is 0. The predicted molar refractivity (Wildman–Crippen MR) is 73.3 cm³/mol. The summed E-state index contributed by atoms with van der Waals surface area (Å²) in [5.74, 6) is 0.294. The molecule has 0 bridgehead atoms. The van der Waals surface area contributed by atoms with Gasteiger partial charge in [-0.25, -0.2) is 9.97 Å². The van der Waals surface area contributed by atoms with Gasteiger partial charge in [0.2, 0.25) is 0 Å². The Balaban J connectivity index is 2.12. The van der Waals surface area contributed by atoms with Crippen molar-refractivity contribution in [3.63, 3.8) is 0 Å². The number of carboxylic acids is 1. The van der Waals surface area contributed by atoms with Gasteiger partial charge in [0.15, 0.2) is 5.82 Å². The molecule has 0 spiro atoms. The van der Waals surface area contributed by atoms with E-state index in [0.29, 0.717) is 11.4 Å². The van der Waals surface area contributed by atoms with Crippen molar-refractivity contribution in [1.29, 1.82) is 0 Å². The van der Waals surface area contributed by atoms with Crippen molar-refractivity contribution in [3.05, 3.63) is 42.2 Å². The molecule has 3 N–H and O–H groups in total. The van der Waals surface area contributed by atoms with Crippen LogP contribution in [0.15, 0.2) is 36.7 Å². The molecule has 0 fully saturated rings. The van der Waals surface area contributed by atoms with Crippen molar-refractivity contribution < 1.29 is 14.6 Å². The van der Waals surface area contributed by atoms with E-state index in [1.807, 2.05) is 24.3 Å². The van der Waals surface area contributed by atoms with Gasteiger partial charge in [-0.1, -0.05) is 0 Å². The first-order valence-corrected chi connectivity index (χ1v) is 6.04. The Morgan fingerprint density at radius 3 is 2.40 bits per heavy atom. The molecule has 0 saturated carbocycles. The highest BCUT2D eigenvalue weighted by molar-refractivity contribution is 5.73. The highest BCUT2D eigenvalue weighted by atomic mass is 16.5. The summed E-state index contributed by atoms with van der Waals surface area (Å²) < 4.78 is 5.08. The number of carbonyl (C=O) groups is 1. The molecule has 2 rings (SSSR count). The topological polar surface area (TPSA) is 98.3 Å². The molecule has 2 aromatic rings. The normalized spacial score (nSPS) is 11.9. The first kappa shape index (κ1) is 14.0. The van der Waals surface area contributed by atoms with Crippen molar-refractivity contribution >= 4 is 5.97 Å². The van der Waals surface area contributed by atoms with Crippen molar-refractivity contribution in [2.45, 2.75) is 12.5 Å². The Hall–Kier alpha value is -2.47. The molecule has 104 valence electrons. The Labute approximate surface area is 116 Å². The maximum atomic E-state index is 10.7. The van der Waals surface area contributed by atoms with Crippen LogP contribution in [0, 0.1) is 0 Å². The van der Waals surface area contributed by atoms with Crippen LogP contribution < -0.4 is 10.5 Å². The Kier molecular flexibility index (Phi) is 4.27. The minimum absolute atomic E-state index is 0.207. The average Bonchev–Trinajstić information content (AvgIpc) is 2.48. The summed E-state index contributed by atoms with van der Waals surface area (Å²) in [4.78, 5) is 19.1. The lowest BCUT2D eigenvalue weighted by Gasteiger charge is -2.06. The Bertz CT molecular complexity index is 582. The largest absolute Gasteiger partial charge is 0.497 e. The molecule has 0 aliphatic rings. The van der Waals surface area contributed by atoms with Crippen LogP contribution in [0.4, 0.5) is 0 Å². The molecule has 1 atom stereocenters. The zero-order valence-corrected chi connectivity index (χ0v) is 11.0. The second kappa shape index (κ2) is 6.12. The number of hydrogen-bond acceptors (Lipinski definition) is 5. The number of carboxylic acid groups (broad SMARTS) is 1. The highest BCUT2D eigenvalue weighted by Crippen LogP contribution is 2.18. The minimum Gasteiger partial charge on any atom is -0.497 e. The quantitative estimate of drug-likeness (QED) is 0.846. The van der Waals surface area contributed by atoms with Crippen LogP contribution in [0.5, 0.6) is 5.75 Å². The zero-order chi connectivity index (χ0) is 14.5. The van der Waals surface area contributed by atoms with E-state index in [4.69, 9.17) is 15.6 Å². The fourth-order valence-corrected chi connectivity index (χ4v) is 1.69. The van der Waals surface area contributed by atoms with Crippen LogP contribution in [-0.2, 0) is 11.2 Å². The molecule has 0 aliphatic carbocycles. The first-order valence-electron chi connectivity index (χ1n) is 6.04. The molecule has 0 saturated heterocycles. The fourth-order valence-electron chi connectivity index (χ4n) is 1.69. The van der Waals surface area contributed by atoms with Crippen molar-refractivity contribution in [1.82, 2.24) is 9.97 Å². The number of aliphatic carboxylic acids is 1. The number of nitrogens with two attached hydrogens (primary N) is 1. The molecule has 1 aromatic carbocycles. The van der Waals surface area contributed by atoms with Crippen LogP contribution in [-0.4, -0.2) is 34.2 Å². The van der Waals surface area contributed by atoms with Gasteiger partial charge < -0.3 is 15.6 Å².